The topological polar surface area (TPSA) is 68.0 Å². The second-order valence-corrected chi connectivity index (χ2v) is 8.55. The summed E-state index contributed by atoms with van der Waals surface area (Å²) in [5.74, 6) is 1.37. The fourth-order valence-corrected chi connectivity index (χ4v) is 4.86. The number of methoxy groups -OCH3 is 2. The van der Waals surface area contributed by atoms with Crippen molar-refractivity contribution < 1.29 is 14.3 Å². The number of hydrogen-bond donors (Lipinski definition) is 1. The summed E-state index contributed by atoms with van der Waals surface area (Å²) in [6.45, 7) is 6.40. The van der Waals surface area contributed by atoms with Gasteiger partial charge in [-0.3, -0.25) is 4.79 Å². The van der Waals surface area contributed by atoms with Crippen molar-refractivity contribution >= 4 is 17.2 Å². The molecule has 4 rings (SSSR count). The lowest BCUT2D eigenvalue weighted by Gasteiger charge is -2.37. The maximum atomic E-state index is 13.8. The molecule has 2 heterocycles. The number of ether oxygens (including phenoxy) is 2. The van der Waals surface area contributed by atoms with E-state index < -0.39 is 0 Å². The summed E-state index contributed by atoms with van der Waals surface area (Å²) in [5, 5.41) is 0. The monoisotopic (exact) mass is 435 g/mol. The fraction of sp³-hybridized carbons (Fsp3) is 0.423. The summed E-state index contributed by atoms with van der Waals surface area (Å²) in [5.41, 5.74) is 11.9. The number of anilines is 1. The van der Waals surface area contributed by atoms with Gasteiger partial charge in [-0.15, -0.1) is 0 Å². The van der Waals surface area contributed by atoms with E-state index in [4.69, 9.17) is 15.2 Å². The minimum absolute atomic E-state index is 0.0437. The largest absolute Gasteiger partial charge is 0.493 e. The van der Waals surface area contributed by atoms with Crippen LogP contribution >= 0.6 is 0 Å². The SMILES string of the molecule is CCC(CC)N1C=C(C(=O)N2CCc3ccc(N)cc3C2)c2cc(OC)c(OC)cc2C1. The van der Waals surface area contributed by atoms with E-state index in [2.05, 4.69) is 31.0 Å². The van der Waals surface area contributed by atoms with Crippen LogP contribution in [0.1, 0.15) is 48.9 Å². The highest BCUT2D eigenvalue weighted by molar-refractivity contribution is 6.20. The number of amides is 1. The highest BCUT2D eigenvalue weighted by Gasteiger charge is 2.31. The first kappa shape index (κ1) is 22.1. The Kier molecular flexibility index (Phi) is 6.31. The van der Waals surface area contributed by atoms with E-state index in [0.29, 0.717) is 36.2 Å². The number of nitrogens with zero attached hydrogens (tertiary/aromatic N) is 2. The van der Waals surface area contributed by atoms with Crippen LogP contribution in [0, 0.1) is 0 Å². The highest BCUT2D eigenvalue weighted by atomic mass is 16.5. The first-order valence-electron chi connectivity index (χ1n) is 11.4. The van der Waals surface area contributed by atoms with Crippen molar-refractivity contribution in [2.75, 3.05) is 26.5 Å². The molecule has 0 spiro atoms. The van der Waals surface area contributed by atoms with Crippen molar-refractivity contribution in [1.29, 1.82) is 0 Å². The summed E-state index contributed by atoms with van der Waals surface area (Å²) in [6, 6.07) is 10.3. The molecule has 0 saturated carbocycles. The Balaban J connectivity index is 1.73. The highest BCUT2D eigenvalue weighted by Crippen LogP contribution is 2.39. The Morgan fingerprint density at radius 2 is 1.72 bits per heavy atom. The normalized spacial score (nSPS) is 15.2. The molecule has 0 unspecified atom stereocenters. The number of carbonyl (C=O) groups is 1. The van der Waals surface area contributed by atoms with Crippen LogP contribution in [0.3, 0.4) is 0 Å². The summed E-state index contributed by atoms with van der Waals surface area (Å²) in [4.78, 5) is 18.1. The standard InChI is InChI=1S/C26H33N3O3/c1-5-21(6-2)29-15-19-12-24(31-3)25(32-4)13-22(19)23(16-29)26(30)28-10-9-17-7-8-20(27)11-18(17)14-28/h7-8,11-13,16,21H,5-6,9-10,14-15,27H2,1-4H3. The molecule has 0 atom stereocenters. The van der Waals surface area contributed by atoms with Gasteiger partial charge in [0.2, 0.25) is 0 Å². The molecule has 0 aliphatic carbocycles. The number of fused-ring (bicyclic) bond motifs is 2. The van der Waals surface area contributed by atoms with Crippen LogP contribution in [-0.2, 0) is 24.3 Å². The van der Waals surface area contributed by atoms with Crippen LogP contribution in [-0.4, -0.2) is 42.5 Å². The molecule has 2 aliphatic heterocycles. The number of nitrogen functional groups attached to an aromatic ring is 1. The fourth-order valence-electron chi connectivity index (χ4n) is 4.86. The lowest BCUT2D eigenvalue weighted by molar-refractivity contribution is -0.126. The number of rotatable bonds is 6. The van der Waals surface area contributed by atoms with E-state index in [1.165, 1.54) is 5.56 Å². The summed E-state index contributed by atoms with van der Waals surface area (Å²) in [6.07, 6.45) is 4.94. The van der Waals surface area contributed by atoms with Gasteiger partial charge in [-0.05, 0) is 65.8 Å². The van der Waals surface area contributed by atoms with Crippen molar-refractivity contribution in [2.24, 2.45) is 0 Å². The van der Waals surface area contributed by atoms with E-state index in [1.54, 1.807) is 14.2 Å². The lowest BCUT2D eigenvalue weighted by atomic mass is 9.92. The average molecular weight is 436 g/mol. The Morgan fingerprint density at radius 3 is 2.41 bits per heavy atom. The van der Waals surface area contributed by atoms with Gasteiger partial charge in [0, 0.05) is 37.6 Å². The maximum Gasteiger partial charge on any atom is 0.256 e. The number of hydrogen-bond acceptors (Lipinski definition) is 5. The van der Waals surface area contributed by atoms with Gasteiger partial charge in [-0.1, -0.05) is 19.9 Å². The zero-order chi connectivity index (χ0) is 22.8. The first-order chi connectivity index (χ1) is 15.5. The van der Waals surface area contributed by atoms with Crippen LogP contribution in [0.2, 0.25) is 0 Å². The minimum Gasteiger partial charge on any atom is -0.493 e. The van der Waals surface area contributed by atoms with E-state index in [9.17, 15) is 4.79 Å². The van der Waals surface area contributed by atoms with Gasteiger partial charge in [-0.25, -0.2) is 0 Å². The summed E-state index contributed by atoms with van der Waals surface area (Å²) < 4.78 is 11.1. The zero-order valence-corrected chi connectivity index (χ0v) is 19.5. The van der Waals surface area contributed by atoms with E-state index in [-0.39, 0.29) is 5.91 Å². The van der Waals surface area contributed by atoms with Crippen molar-refractivity contribution in [1.82, 2.24) is 9.80 Å². The average Bonchev–Trinajstić information content (AvgIpc) is 2.82. The van der Waals surface area contributed by atoms with Crippen LogP contribution in [0.5, 0.6) is 11.5 Å². The van der Waals surface area contributed by atoms with Crippen LogP contribution in [0.25, 0.3) is 5.57 Å². The molecule has 6 nitrogen and oxygen atoms in total. The third-order valence-electron chi connectivity index (χ3n) is 6.72. The molecule has 0 saturated heterocycles. The van der Waals surface area contributed by atoms with Crippen molar-refractivity contribution in [3.8, 4) is 11.5 Å². The molecule has 2 aromatic carbocycles. The predicted octanol–water partition coefficient (Wildman–Crippen LogP) is 4.22. The molecule has 0 bridgehead atoms. The molecule has 0 fully saturated rings. The first-order valence-corrected chi connectivity index (χ1v) is 11.4. The quantitative estimate of drug-likeness (QED) is 0.688. The Bertz CT molecular complexity index is 1040. The van der Waals surface area contributed by atoms with Gasteiger partial charge in [-0.2, -0.15) is 0 Å². The number of benzene rings is 2. The van der Waals surface area contributed by atoms with Gasteiger partial charge in [0.1, 0.15) is 0 Å². The Labute approximate surface area is 190 Å². The van der Waals surface area contributed by atoms with Gasteiger partial charge in [0.15, 0.2) is 11.5 Å². The van der Waals surface area contributed by atoms with Gasteiger partial charge >= 0.3 is 0 Å². The number of carbonyl (C=O) groups excluding carboxylic acids is 1. The van der Waals surface area contributed by atoms with Crippen LogP contribution in [0.15, 0.2) is 36.5 Å². The zero-order valence-electron chi connectivity index (χ0n) is 19.5. The number of nitrogens with two attached hydrogens (primary N) is 1. The molecule has 0 aromatic heterocycles. The summed E-state index contributed by atoms with van der Waals surface area (Å²) in [7, 11) is 3.27. The van der Waals surface area contributed by atoms with Crippen LogP contribution in [0.4, 0.5) is 5.69 Å². The third kappa shape index (κ3) is 4.01. The van der Waals surface area contributed by atoms with E-state index >= 15 is 0 Å². The smallest absolute Gasteiger partial charge is 0.256 e. The molecule has 2 N–H and O–H groups in total. The van der Waals surface area contributed by atoms with Crippen molar-refractivity contribution in [3.63, 3.8) is 0 Å². The van der Waals surface area contributed by atoms with Gasteiger partial charge < -0.3 is 25.0 Å². The van der Waals surface area contributed by atoms with Crippen LogP contribution < -0.4 is 15.2 Å². The Morgan fingerprint density at radius 1 is 1.00 bits per heavy atom. The molecule has 2 aliphatic rings. The predicted molar refractivity (Wildman–Crippen MR) is 127 cm³/mol. The van der Waals surface area contributed by atoms with Crippen molar-refractivity contribution in [3.05, 3.63) is 58.8 Å². The van der Waals surface area contributed by atoms with Crippen molar-refractivity contribution in [2.45, 2.75) is 52.2 Å². The molecule has 6 heteroatoms. The minimum atomic E-state index is 0.0437. The second kappa shape index (κ2) is 9.15. The third-order valence-corrected chi connectivity index (χ3v) is 6.72. The maximum absolute atomic E-state index is 13.8. The Hall–Kier alpha value is -3.15. The van der Waals surface area contributed by atoms with E-state index in [0.717, 1.165) is 48.2 Å². The second-order valence-electron chi connectivity index (χ2n) is 8.55. The van der Waals surface area contributed by atoms with Gasteiger partial charge in [0.05, 0.1) is 19.8 Å². The molecule has 1 amide bonds. The molecule has 170 valence electrons. The molecular weight excluding hydrogens is 402 g/mol. The lowest BCUT2D eigenvalue weighted by Crippen LogP contribution is -2.39. The summed E-state index contributed by atoms with van der Waals surface area (Å²) >= 11 is 0. The molecule has 0 radical (unpaired) electrons. The molecule has 32 heavy (non-hydrogen) atoms. The van der Waals surface area contributed by atoms with E-state index in [1.807, 2.05) is 29.2 Å². The van der Waals surface area contributed by atoms with Gasteiger partial charge in [0.25, 0.3) is 5.91 Å². The molecular formula is C26H33N3O3. The molecule has 2 aromatic rings.